The Bertz CT molecular complexity index is 95.6. The SMILES string of the molecule is CONC1CCCN(C)C1. The van der Waals surface area contributed by atoms with E-state index in [4.69, 9.17) is 4.84 Å². The van der Waals surface area contributed by atoms with Crippen molar-refractivity contribution in [2.45, 2.75) is 18.9 Å². The van der Waals surface area contributed by atoms with Crippen LogP contribution in [-0.2, 0) is 4.84 Å². The Hall–Kier alpha value is -0.120. The van der Waals surface area contributed by atoms with Crippen LogP contribution in [0.2, 0.25) is 0 Å². The van der Waals surface area contributed by atoms with Gasteiger partial charge >= 0.3 is 0 Å². The molecule has 1 N–H and O–H groups in total. The Morgan fingerprint density at radius 3 is 3.00 bits per heavy atom. The molecular weight excluding hydrogens is 128 g/mol. The Labute approximate surface area is 62.3 Å². The fourth-order valence-electron chi connectivity index (χ4n) is 1.43. The van der Waals surface area contributed by atoms with Crippen LogP contribution < -0.4 is 5.48 Å². The number of hydroxylamine groups is 1. The molecule has 0 aromatic carbocycles. The molecule has 1 atom stereocenters. The molecule has 0 aliphatic carbocycles. The molecule has 10 heavy (non-hydrogen) atoms. The van der Waals surface area contributed by atoms with Gasteiger partial charge in [-0.05, 0) is 26.4 Å². The second kappa shape index (κ2) is 3.91. The summed E-state index contributed by atoms with van der Waals surface area (Å²) in [6.07, 6.45) is 2.51. The lowest BCUT2D eigenvalue weighted by Gasteiger charge is -2.29. The number of piperidine rings is 1. The maximum absolute atomic E-state index is 4.85. The topological polar surface area (TPSA) is 24.5 Å². The molecule has 1 fully saturated rings. The molecule has 1 heterocycles. The lowest BCUT2D eigenvalue weighted by Crippen LogP contribution is -2.43. The third kappa shape index (κ3) is 2.25. The van der Waals surface area contributed by atoms with Gasteiger partial charge in [0.05, 0.1) is 7.11 Å². The van der Waals surface area contributed by atoms with E-state index in [2.05, 4.69) is 17.4 Å². The summed E-state index contributed by atoms with van der Waals surface area (Å²) in [7, 11) is 3.82. The summed E-state index contributed by atoms with van der Waals surface area (Å²) in [4.78, 5) is 7.17. The van der Waals surface area contributed by atoms with Gasteiger partial charge in [0.2, 0.25) is 0 Å². The molecule has 0 spiro atoms. The van der Waals surface area contributed by atoms with Crippen molar-refractivity contribution in [3.63, 3.8) is 0 Å². The Morgan fingerprint density at radius 2 is 2.40 bits per heavy atom. The normalized spacial score (nSPS) is 28.8. The average Bonchev–Trinajstić information content (AvgIpc) is 1.88. The first-order valence-corrected chi connectivity index (χ1v) is 3.80. The highest BCUT2D eigenvalue weighted by Gasteiger charge is 2.15. The van der Waals surface area contributed by atoms with Gasteiger partial charge < -0.3 is 9.74 Å². The summed E-state index contributed by atoms with van der Waals surface area (Å²) in [6, 6.07) is 0.531. The molecule has 3 heteroatoms. The van der Waals surface area contributed by atoms with Crippen LogP contribution in [-0.4, -0.2) is 38.2 Å². The van der Waals surface area contributed by atoms with Crippen molar-refractivity contribution in [3.8, 4) is 0 Å². The van der Waals surface area contributed by atoms with E-state index in [1.165, 1.54) is 19.4 Å². The predicted octanol–water partition coefficient (Wildman–Crippen LogP) is 0.232. The molecule has 1 rings (SSSR count). The van der Waals surface area contributed by atoms with Crippen LogP contribution >= 0.6 is 0 Å². The van der Waals surface area contributed by atoms with Crippen LogP contribution in [0.4, 0.5) is 0 Å². The van der Waals surface area contributed by atoms with E-state index in [1.54, 1.807) is 7.11 Å². The smallest absolute Gasteiger partial charge is 0.0572 e. The molecule has 0 amide bonds. The zero-order valence-corrected chi connectivity index (χ0v) is 6.76. The van der Waals surface area contributed by atoms with Gasteiger partial charge in [0.25, 0.3) is 0 Å². The highest BCUT2D eigenvalue weighted by Crippen LogP contribution is 2.06. The molecule has 0 saturated carbocycles. The molecule has 1 aliphatic heterocycles. The van der Waals surface area contributed by atoms with Crippen molar-refractivity contribution in [1.29, 1.82) is 0 Å². The van der Waals surface area contributed by atoms with Crippen LogP contribution in [0.25, 0.3) is 0 Å². The first kappa shape index (κ1) is 7.98. The third-order valence-electron chi connectivity index (χ3n) is 1.91. The second-order valence-corrected chi connectivity index (χ2v) is 2.92. The van der Waals surface area contributed by atoms with Gasteiger partial charge in [0.15, 0.2) is 0 Å². The number of nitrogens with zero attached hydrogens (tertiary/aromatic N) is 1. The summed E-state index contributed by atoms with van der Waals surface area (Å²) in [6.45, 7) is 2.33. The van der Waals surface area contributed by atoms with Crippen LogP contribution in [0.1, 0.15) is 12.8 Å². The minimum Gasteiger partial charge on any atom is -0.305 e. The zero-order valence-electron chi connectivity index (χ0n) is 6.76. The largest absolute Gasteiger partial charge is 0.305 e. The molecular formula is C7H16N2O. The molecule has 60 valence electrons. The van der Waals surface area contributed by atoms with Gasteiger partial charge in [0, 0.05) is 12.6 Å². The molecule has 0 bridgehead atoms. The van der Waals surface area contributed by atoms with E-state index >= 15 is 0 Å². The standard InChI is InChI=1S/C7H16N2O/c1-9-5-3-4-7(6-9)8-10-2/h7-8H,3-6H2,1-2H3. The number of likely N-dealkylation sites (N-methyl/N-ethyl adjacent to an activating group) is 1. The van der Waals surface area contributed by atoms with E-state index in [0.717, 1.165) is 6.54 Å². The minimum absolute atomic E-state index is 0.531. The fraction of sp³-hybridized carbons (Fsp3) is 1.00. The van der Waals surface area contributed by atoms with Crippen molar-refractivity contribution in [3.05, 3.63) is 0 Å². The van der Waals surface area contributed by atoms with Crippen LogP contribution in [0, 0.1) is 0 Å². The maximum atomic E-state index is 4.85. The van der Waals surface area contributed by atoms with Crippen molar-refractivity contribution in [2.75, 3.05) is 27.2 Å². The van der Waals surface area contributed by atoms with E-state index in [0.29, 0.717) is 6.04 Å². The van der Waals surface area contributed by atoms with Gasteiger partial charge in [-0.1, -0.05) is 0 Å². The summed E-state index contributed by atoms with van der Waals surface area (Å²) < 4.78 is 0. The third-order valence-corrected chi connectivity index (χ3v) is 1.91. The summed E-state index contributed by atoms with van der Waals surface area (Å²) in [5.41, 5.74) is 2.97. The second-order valence-electron chi connectivity index (χ2n) is 2.92. The highest BCUT2D eigenvalue weighted by molar-refractivity contribution is 4.72. The van der Waals surface area contributed by atoms with Crippen LogP contribution in [0.3, 0.4) is 0 Å². The first-order chi connectivity index (χ1) is 4.83. The minimum atomic E-state index is 0.531. The number of hydrogen-bond donors (Lipinski definition) is 1. The summed E-state index contributed by atoms with van der Waals surface area (Å²) in [5, 5.41) is 0. The number of nitrogens with one attached hydrogen (secondary N) is 1. The lowest BCUT2D eigenvalue weighted by molar-refractivity contribution is 0.0360. The molecule has 1 unspecified atom stereocenters. The monoisotopic (exact) mass is 144 g/mol. The molecule has 1 aliphatic rings. The lowest BCUT2D eigenvalue weighted by atomic mass is 10.1. The first-order valence-electron chi connectivity index (χ1n) is 3.80. The number of rotatable bonds is 2. The van der Waals surface area contributed by atoms with Gasteiger partial charge in [0.1, 0.15) is 0 Å². The van der Waals surface area contributed by atoms with Crippen molar-refractivity contribution < 1.29 is 4.84 Å². The Kier molecular flexibility index (Phi) is 3.12. The van der Waals surface area contributed by atoms with Crippen LogP contribution in [0.5, 0.6) is 0 Å². The van der Waals surface area contributed by atoms with Crippen molar-refractivity contribution in [1.82, 2.24) is 10.4 Å². The number of hydrogen-bond acceptors (Lipinski definition) is 3. The maximum Gasteiger partial charge on any atom is 0.0572 e. The van der Waals surface area contributed by atoms with Crippen LogP contribution in [0.15, 0.2) is 0 Å². The predicted molar refractivity (Wildman–Crippen MR) is 40.7 cm³/mol. The fourth-order valence-corrected chi connectivity index (χ4v) is 1.43. The molecule has 0 aromatic rings. The van der Waals surface area contributed by atoms with Crippen molar-refractivity contribution in [2.24, 2.45) is 0 Å². The molecule has 0 aromatic heterocycles. The van der Waals surface area contributed by atoms with Gasteiger partial charge in [-0.2, -0.15) is 5.48 Å². The zero-order chi connectivity index (χ0) is 7.40. The number of likely N-dealkylation sites (tertiary alicyclic amines) is 1. The highest BCUT2D eigenvalue weighted by atomic mass is 16.6. The Morgan fingerprint density at radius 1 is 1.60 bits per heavy atom. The van der Waals surface area contributed by atoms with Crippen molar-refractivity contribution >= 4 is 0 Å². The van der Waals surface area contributed by atoms with Gasteiger partial charge in [-0.15, -0.1) is 0 Å². The Balaban J connectivity index is 2.18. The van der Waals surface area contributed by atoms with Gasteiger partial charge in [-0.3, -0.25) is 0 Å². The summed E-state index contributed by atoms with van der Waals surface area (Å²) >= 11 is 0. The quantitative estimate of drug-likeness (QED) is 0.561. The molecule has 3 nitrogen and oxygen atoms in total. The van der Waals surface area contributed by atoms with E-state index in [-0.39, 0.29) is 0 Å². The summed E-state index contributed by atoms with van der Waals surface area (Å²) in [5.74, 6) is 0. The average molecular weight is 144 g/mol. The van der Waals surface area contributed by atoms with E-state index < -0.39 is 0 Å². The molecule has 0 radical (unpaired) electrons. The van der Waals surface area contributed by atoms with E-state index in [9.17, 15) is 0 Å². The van der Waals surface area contributed by atoms with Gasteiger partial charge in [-0.25, -0.2) is 0 Å². The molecule has 1 saturated heterocycles. The van der Waals surface area contributed by atoms with E-state index in [1.807, 2.05) is 0 Å².